The van der Waals surface area contributed by atoms with Gasteiger partial charge in [-0.3, -0.25) is 0 Å². The molecule has 100 valence electrons. The molecule has 0 bridgehead atoms. The van der Waals surface area contributed by atoms with E-state index in [1.54, 1.807) is 7.11 Å². The second-order valence-electron chi connectivity index (χ2n) is 3.83. The van der Waals surface area contributed by atoms with Crippen molar-refractivity contribution in [3.05, 3.63) is 53.0 Å². The third kappa shape index (κ3) is 4.48. The molecule has 0 fully saturated rings. The maximum absolute atomic E-state index is 5.58. The topological polar surface area (TPSA) is 27.7 Å². The number of hydrogen-bond donors (Lipinski definition) is 0. The molecule has 3 nitrogen and oxygen atoms in total. The molecule has 2 aromatic rings. The zero-order valence-electron chi connectivity index (χ0n) is 10.6. The highest BCUT2D eigenvalue weighted by Crippen LogP contribution is 2.19. The summed E-state index contributed by atoms with van der Waals surface area (Å²) in [6.45, 7) is 0.988. The molecule has 0 aliphatic heterocycles. The van der Waals surface area contributed by atoms with E-state index in [9.17, 15) is 0 Å². The van der Waals surface area contributed by atoms with Crippen LogP contribution in [0, 0.1) is 0 Å². The van der Waals surface area contributed by atoms with Crippen molar-refractivity contribution in [2.24, 2.45) is 0 Å². The van der Waals surface area contributed by atoms with Gasteiger partial charge in [-0.15, -0.1) is 0 Å². The Bertz CT molecular complexity index is 511. The average Bonchev–Trinajstić information content (AvgIpc) is 2.46. The van der Waals surface area contributed by atoms with Crippen LogP contribution in [0.5, 0.6) is 17.2 Å². The summed E-state index contributed by atoms with van der Waals surface area (Å²) < 4.78 is 17.3. The molecule has 0 saturated carbocycles. The third-order valence-electron chi connectivity index (χ3n) is 2.48. The third-order valence-corrected chi connectivity index (χ3v) is 3.00. The first kappa shape index (κ1) is 13.7. The molecule has 2 rings (SSSR count). The highest BCUT2D eigenvalue weighted by molar-refractivity contribution is 9.10. The molecule has 19 heavy (non-hydrogen) atoms. The summed E-state index contributed by atoms with van der Waals surface area (Å²) in [7, 11) is 1.63. The average molecular weight is 323 g/mol. The van der Waals surface area contributed by atoms with Gasteiger partial charge in [-0.2, -0.15) is 0 Å². The monoisotopic (exact) mass is 322 g/mol. The van der Waals surface area contributed by atoms with Crippen LogP contribution in [0.25, 0.3) is 0 Å². The van der Waals surface area contributed by atoms with Gasteiger partial charge in [0.05, 0.1) is 7.11 Å². The van der Waals surface area contributed by atoms with E-state index in [0.717, 1.165) is 21.7 Å². The fraction of sp³-hybridized carbons (Fsp3) is 0.200. The molecular weight excluding hydrogens is 308 g/mol. The van der Waals surface area contributed by atoms with E-state index >= 15 is 0 Å². The smallest absolute Gasteiger partial charge is 0.123 e. The summed E-state index contributed by atoms with van der Waals surface area (Å²) in [4.78, 5) is 0. The normalized spacial score (nSPS) is 10.0. The van der Waals surface area contributed by atoms with Gasteiger partial charge in [0.1, 0.15) is 30.5 Å². The summed E-state index contributed by atoms with van der Waals surface area (Å²) >= 11 is 3.38. The van der Waals surface area contributed by atoms with E-state index in [2.05, 4.69) is 15.9 Å². The molecule has 0 aromatic heterocycles. The van der Waals surface area contributed by atoms with Gasteiger partial charge < -0.3 is 14.2 Å². The van der Waals surface area contributed by atoms with Gasteiger partial charge in [-0.25, -0.2) is 0 Å². The number of benzene rings is 2. The number of methoxy groups -OCH3 is 1. The van der Waals surface area contributed by atoms with Crippen LogP contribution < -0.4 is 14.2 Å². The minimum Gasteiger partial charge on any atom is -0.497 e. The Balaban J connectivity index is 1.75. The lowest BCUT2D eigenvalue weighted by Crippen LogP contribution is -2.08. The highest BCUT2D eigenvalue weighted by atomic mass is 79.9. The van der Waals surface area contributed by atoms with Gasteiger partial charge in [0.25, 0.3) is 0 Å². The Morgan fingerprint density at radius 3 is 2.16 bits per heavy atom. The summed E-state index contributed by atoms with van der Waals surface area (Å²) in [5.74, 6) is 2.39. The molecule has 0 radical (unpaired) electrons. The SMILES string of the molecule is COc1cccc(OCCOc2ccc(Br)cc2)c1. The molecule has 0 amide bonds. The maximum atomic E-state index is 5.58. The van der Waals surface area contributed by atoms with Gasteiger partial charge in [0.2, 0.25) is 0 Å². The summed E-state index contributed by atoms with van der Waals surface area (Å²) in [5, 5.41) is 0. The minimum absolute atomic E-state index is 0.489. The summed E-state index contributed by atoms with van der Waals surface area (Å²) in [6, 6.07) is 15.2. The van der Waals surface area contributed by atoms with Crippen LogP contribution in [0.4, 0.5) is 0 Å². The molecule has 2 aromatic carbocycles. The van der Waals surface area contributed by atoms with Crippen molar-refractivity contribution in [3.8, 4) is 17.2 Å². The van der Waals surface area contributed by atoms with E-state index < -0.39 is 0 Å². The van der Waals surface area contributed by atoms with Crippen LogP contribution in [0.15, 0.2) is 53.0 Å². The Labute approximate surface area is 121 Å². The Morgan fingerprint density at radius 1 is 0.842 bits per heavy atom. The quantitative estimate of drug-likeness (QED) is 0.754. The van der Waals surface area contributed by atoms with Crippen LogP contribution in [0.3, 0.4) is 0 Å². The first-order chi connectivity index (χ1) is 9.28. The van der Waals surface area contributed by atoms with Gasteiger partial charge in [0.15, 0.2) is 0 Å². The first-order valence-corrected chi connectivity index (χ1v) is 6.72. The summed E-state index contributed by atoms with van der Waals surface area (Å²) in [5.41, 5.74) is 0. The van der Waals surface area contributed by atoms with Crippen LogP contribution in [-0.2, 0) is 0 Å². The van der Waals surface area contributed by atoms with Crippen LogP contribution in [0.1, 0.15) is 0 Å². The molecule has 0 aliphatic carbocycles. The predicted octanol–water partition coefficient (Wildman–Crippen LogP) is 3.92. The zero-order chi connectivity index (χ0) is 13.5. The Morgan fingerprint density at radius 2 is 1.47 bits per heavy atom. The fourth-order valence-electron chi connectivity index (χ4n) is 1.54. The van der Waals surface area contributed by atoms with Crippen LogP contribution in [0.2, 0.25) is 0 Å². The van der Waals surface area contributed by atoms with Crippen molar-refractivity contribution in [2.45, 2.75) is 0 Å². The molecule has 4 heteroatoms. The standard InChI is InChI=1S/C15H15BrO3/c1-17-14-3-2-4-15(11-14)19-10-9-18-13-7-5-12(16)6-8-13/h2-8,11H,9-10H2,1H3. The van der Waals surface area contributed by atoms with Gasteiger partial charge in [-0.05, 0) is 36.4 Å². The van der Waals surface area contributed by atoms with Crippen molar-refractivity contribution in [1.29, 1.82) is 0 Å². The van der Waals surface area contributed by atoms with Gasteiger partial charge >= 0.3 is 0 Å². The molecule has 0 spiro atoms. The van der Waals surface area contributed by atoms with Crippen LogP contribution >= 0.6 is 15.9 Å². The molecular formula is C15H15BrO3. The van der Waals surface area contributed by atoms with Gasteiger partial charge in [0, 0.05) is 10.5 Å². The maximum Gasteiger partial charge on any atom is 0.123 e. The molecule has 0 atom stereocenters. The zero-order valence-corrected chi connectivity index (χ0v) is 12.2. The van der Waals surface area contributed by atoms with Crippen molar-refractivity contribution in [2.75, 3.05) is 20.3 Å². The number of ether oxygens (including phenoxy) is 3. The number of halogens is 1. The largest absolute Gasteiger partial charge is 0.497 e. The number of rotatable bonds is 6. The predicted molar refractivity (Wildman–Crippen MR) is 78.1 cm³/mol. The highest BCUT2D eigenvalue weighted by Gasteiger charge is 1.97. The molecule has 0 aliphatic rings. The summed E-state index contributed by atoms with van der Waals surface area (Å²) in [6.07, 6.45) is 0. The minimum atomic E-state index is 0.489. The lowest BCUT2D eigenvalue weighted by atomic mass is 10.3. The Hall–Kier alpha value is -1.68. The second kappa shape index (κ2) is 7.04. The fourth-order valence-corrected chi connectivity index (χ4v) is 1.81. The molecule has 0 heterocycles. The Kier molecular flexibility index (Phi) is 5.10. The lowest BCUT2D eigenvalue weighted by Gasteiger charge is -2.09. The van der Waals surface area contributed by atoms with Crippen molar-refractivity contribution in [1.82, 2.24) is 0 Å². The van der Waals surface area contributed by atoms with Crippen molar-refractivity contribution < 1.29 is 14.2 Å². The van der Waals surface area contributed by atoms with E-state index in [-0.39, 0.29) is 0 Å². The van der Waals surface area contributed by atoms with E-state index in [0.29, 0.717) is 13.2 Å². The lowest BCUT2D eigenvalue weighted by molar-refractivity contribution is 0.216. The second-order valence-corrected chi connectivity index (χ2v) is 4.75. The van der Waals surface area contributed by atoms with Crippen molar-refractivity contribution in [3.63, 3.8) is 0 Å². The molecule has 0 N–H and O–H groups in total. The first-order valence-electron chi connectivity index (χ1n) is 5.93. The molecule has 0 unspecified atom stereocenters. The van der Waals surface area contributed by atoms with Crippen LogP contribution in [-0.4, -0.2) is 20.3 Å². The van der Waals surface area contributed by atoms with E-state index in [1.807, 2.05) is 48.5 Å². The van der Waals surface area contributed by atoms with E-state index in [1.165, 1.54) is 0 Å². The van der Waals surface area contributed by atoms with E-state index in [4.69, 9.17) is 14.2 Å². The van der Waals surface area contributed by atoms with Gasteiger partial charge in [-0.1, -0.05) is 22.0 Å². The number of hydrogen-bond acceptors (Lipinski definition) is 3. The molecule has 0 saturated heterocycles. The van der Waals surface area contributed by atoms with Crippen molar-refractivity contribution >= 4 is 15.9 Å².